The van der Waals surface area contributed by atoms with Crippen LogP contribution in [-0.4, -0.2) is 23.8 Å². The third-order valence-electron chi connectivity index (χ3n) is 5.86. The second-order valence-electron chi connectivity index (χ2n) is 9.07. The molecule has 0 radical (unpaired) electrons. The molecule has 2 heterocycles. The fourth-order valence-electron chi connectivity index (χ4n) is 3.91. The molecular formula is C26H26N4OS. The Morgan fingerprint density at radius 1 is 1.09 bits per heavy atom. The van der Waals surface area contributed by atoms with Gasteiger partial charge in [-0.05, 0) is 46.4 Å². The minimum absolute atomic E-state index is 0.0362. The van der Waals surface area contributed by atoms with E-state index in [4.69, 9.17) is 10.7 Å². The second kappa shape index (κ2) is 8.25. The van der Waals surface area contributed by atoms with E-state index < -0.39 is 12.0 Å². The summed E-state index contributed by atoms with van der Waals surface area (Å²) in [6.07, 6.45) is 0. The molecule has 162 valence electrons. The number of likely N-dealkylation sites (N-methyl/N-ethyl adjacent to an activating group) is 1. The SMILES string of the molecule is CN1C(=O)C(c2ccc(C(C)(C)C)cc2)C(c2ccc(-c3cccc(C#N)c3)s2)N=C1N. The van der Waals surface area contributed by atoms with Crippen molar-refractivity contribution in [3.05, 3.63) is 82.2 Å². The van der Waals surface area contributed by atoms with E-state index in [9.17, 15) is 10.1 Å². The van der Waals surface area contributed by atoms with Gasteiger partial charge < -0.3 is 5.73 Å². The lowest BCUT2D eigenvalue weighted by atomic mass is 9.83. The maximum atomic E-state index is 13.3. The average Bonchev–Trinajstić information content (AvgIpc) is 3.27. The fourth-order valence-corrected chi connectivity index (χ4v) is 4.99. The summed E-state index contributed by atoms with van der Waals surface area (Å²) in [5.41, 5.74) is 9.87. The molecule has 4 rings (SSSR count). The molecule has 0 spiro atoms. The largest absolute Gasteiger partial charge is 0.369 e. The Morgan fingerprint density at radius 2 is 1.81 bits per heavy atom. The smallest absolute Gasteiger partial charge is 0.239 e. The van der Waals surface area contributed by atoms with E-state index >= 15 is 0 Å². The molecule has 0 bridgehead atoms. The summed E-state index contributed by atoms with van der Waals surface area (Å²) >= 11 is 1.58. The Labute approximate surface area is 192 Å². The molecule has 2 atom stereocenters. The number of nitrogens with zero attached hydrogens (tertiary/aromatic N) is 3. The predicted octanol–water partition coefficient (Wildman–Crippen LogP) is 5.20. The molecule has 1 aromatic heterocycles. The standard InChI is InChI=1S/C26H26N4OS/c1-26(2,3)19-10-8-17(9-11-19)22-23(29-25(28)30(4)24(22)31)21-13-12-20(32-21)18-7-5-6-16(14-18)15-27/h5-14,22-23H,1-4H3,(H2,28,29). The van der Waals surface area contributed by atoms with Crippen LogP contribution in [0.25, 0.3) is 10.4 Å². The van der Waals surface area contributed by atoms with Crippen molar-refractivity contribution in [1.29, 1.82) is 5.26 Å². The minimum Gasteiger partial charge on any atom is -0.369 e. The molecule has 1 amide bonds. The van der Waals surface area contributed by atoms with Crippen molar-refractivity contribution in [2.75, 3.05) is 7.05 Å². The molecule has 0 fully saturated rings. The molecule has 0 saturated heterocycles. The zero-order valence-electron chi connectivity index (χ0n) is 18.7. The normalized spacial score (nSPS) is 18.9. The summed E-state index contributed by atoms with van der Waals surface area (Å²) < 4.78 is 0. The van der Waals surface area contributed by atoms with Crippen molar-refractivity contribution in [1.82, 2.24) is 4.90 Å². The van der Waals surface area contributed by atoms with E-state index in [1.165, 1.54) is 10.5 Å². The molecule has 1 aliphatic heterocycles. The maximum Gasteiger partial charge on any atom is 0.239 e. The number of guanidine groups is 1. The van der Waals surface area contributed by atoms with Crippen LogP contribution in [0, 0.1) is 11.3 Å². The number of thiophene rings is 1. The van der Waals surface area contributed by atoms with Crippen LogP contribution in [0.4, 0.5) is 0 Å². The van der Waals surface area contributed by atoms with E-state index in [-0.39, 0.29) is 17.3 Å². The lowest BCUT2D eigenvalue weighted by Crippen LogP contribution is -2.46. The molecule has 6 heteroatoms. The lowest BCUT2D eigenvalue weighted by molar-refractivity contribution is -0.129. The molecule has 0 saturated carbocycles. The molecule has 32 heavy (non-hydrogen) atoms. The summed E-state index contributed by atoms with van der Waals surface area (Å²) in [5.74, 6) is -0.283. The van der Waals surface area contributed by atoms with Crippen molar-refractivity contribution in [2.45, 2.75) is 38.1 Å². The summed E-state index contributed by atoms with van der Waals surface area (Å²) in [5, 5.41) is 9.21. The molecule has 0 aliphatic carbocycles. The number of rotatable bonds is 3. The van der Waals surface area contributed by atoms with Crippen LogP contribution in [0.3, 0.4) is 0 Å². The highest BCUT2D eigenvalue weighted by Crippen LogP contribution is 2.43. The van der Waals surface area contributed by atoms with Crippen LogP contribution < -0.4 is 5.73 Å². The molecule has 1 aliphatic rings. The third-order valence-corrected chi connectivity index (χ3v) is 7.06. The van der Waals surface area contributed by atoms with E-state index in [2.05, 4.69) is 39.0 Å². The van der Waals surface area contributed by atoms with Crippen molar-refractivity contribution in [3.63, 3.8) is 0 Å². The van der Waals surface area contributed by atoms with Crippen LogP contribution in [0.5, 0.6) is 0 Å². The van der Waals surface area contributed by atoms with Gasteiger partial charge in [0.2, 0.25) is 5.91 Å². The van der Waals surface area contributed by atoms with Crippen molar-refractivity contribution < 1.29 is 4.79 Å². The minimum atomic E-state index is -0.446. The first kappa shape index (κ1) is 21.8. The van der Waals surface area contributed by atoms with Gasteiger partial charge in [-0.2, -0.15) is 5.26 Å². The van der Waals surface area contributed by atoms with Gasteiger partial charge in [-0.3, -0.25) is 9.69 Å². The first-order valence-corrected chi connectivity index (χ1v) is 11.3. The van der Waals surface area contributed by atoms with E-state index in [0.29, 0.717) is 5.56 Å². The topological polar surface area (TPSA) is 82.5 Å². The van der Waals surface area contributed by atoms with Crippen LogP contribution >= 0.6 is 11.3 Å². The Balaban J connectivity index is 1.75. The fraction of sp³-hybridized carbons (Fsp3) is 0.269. The zero-order valence-corrected chi connectivity index (χ0v) is 19.5. The zero-order chi connectivity index (χ0) is 23.0. The Kier molecular flexibility index (Phi) is 5.62. The number of benzene rings is 2. The van der Waals surface area contributed by atoms with E-state index in [1.807, 2.05) is 42.5 Å². The molecule has 2 unspecified atom stereocenters. The summed E-state index contributed by atoms with van der Waals surface area (Å²) in [7, 11) is 1.67. The van der Waals surface area contributed by atoms with Crippen molar-refractivity contribution in [3.8, 4) is 16.5 Å². The monoisotopic (exact) mass is 442 g/mol. The average molecular weight is 443 g/mol. The molecule has 2 aromatic carbocycles. The molecule has 2 N–H and O–H groups in total. The quantitative estimate of drug-likeness (QED) is 0.605. The Bertz CT molecular complexity index is 1230. The molecular weight excluding hydrogens is 416 g/mol. The van der Waals surface area contributed by atoms with Gasteiger partial charge in [0.1, 0.15) is 6.04 Å². The summed E-state index contributed by atoms with van der Waals surface area (Å²) in [4.78, 5) is 21.4. The van der Waals surface area contributed by atoms with E-state index in [0.717, 1.165) is 20.9 Å². The summed E-state index contributed by atoms with van der Waals surface area (Å²) in [6.45, 7) is 6.51. The van der Waals surface area contributed by atoms with Gasteiger partial charge >= 0.3 is 0 Å². The maximum absolute atomic E-state index is 13.3. The highest BCUT2D eigenvalue weighted by atomic mass is 32.1. The van der Waals surface area contributed by atoms with Gasteiger partial charge in [0.25, 0.3) is 0 Å². The van der Waals surface area contributed by atoms with Gasteiger partial charge in [0.05, 0.1) is 17.6 Å². The molecule has 3 aromatic rings. The highest BCUT2D eigenvalue weighted by Gasteiger charge is 2.39. The first-order chi connectivity index (χ1) is 15.2. The van der Waals surface area contributed by atoms with Gasteiger partial charge in [0.15, 0.2) is 5.96 Å². The van der Waals surface area contributed by atoms with Crippen LogP contribution in [0.15, 0.2) is 65.7 Å². The van der Waals surface area contributed by atoms with Crippen molar-refractivity contribution >= 4 is 23.2 Å². The summed E-state index contributed by atoms with van der Waals surface area (Å²) in [6, 6.07) is 21.6. The number of aliphatic imine (C=N–C) groups is 1. The van der Waals surface area contributed by atoms with Gasteiger partial charge in [0, 0.05) is 16.8 Å². The third kappa shape index (κ3) is 4.04. The van der Waals surface area contributed by atoms with Crippen LogP contribution in [0.2, 0.25) is 0 Å². The van der Waals surface area contributed by atoms with Gasteiger partial charge in [-0.1, -0.05) is 57.2 Å². The Morgan fingerprint density at radius 3 is 2.47 bits per heavy atom. The van der Waals surface area contributed by atoms with E-state index in [1.54, 1.807) is 24.5 Å². The predicted molar refractivity (Wildman–Crippen MR) is 129 cm³/mol. The number of carbonyl (C=O) groups excluding carboxylic acids is 1. The van der Waals surface area contributed by atoms with Gasteiger partial charge in [-0.15, -0.1) is 11.3 Å². The second-order valence-corrected chi connectivity index (χ2v) is 10.2. The number of hydrogen-bond acceptors (Lipinski definition) is 5. The number of hydrogen-bond donors (Lipinski definition) is 1. The Hall–Kier alpha value is -3.43. The van der Waals surface area contributed by atoms with Crippen LogP contribution in [0.1, 0.15) is 54.3 Å². The first-order valence-electron chi connectivity index (χ1n) is 10.5. The highest BCUT2D eigenvalue weighted by molar-refractivity contribution is 7.15. The number of carbonyl (C=O) groups is 1. The van der Waals surface area contributed by atoms with Crippen molar-refractivity contribution in [2.24, 2.45) is 10.7 Å². The van der Waals surface area contributed by atoms with Crippen LogP contribution in [-0.2, 0) is 10.2 Å². The number of nitriles is 1. The lowest BCUT2D eigenvalue weighted by Gasteiger charge is -2.33. The molecule has 5 nitrogen and oxygen atoms in total. The number of nitrogens with two attached hydrogens (primary N) is 1. The van der Waals surface area contributed by atoms with Gasteiger partial charge in [-0.25, -0.2) is 4.99 Å². The number of amides is 1.